The first-order valence-electron chi connectivity index (χ1n) is 8.14. The first-order chi connectivity index (χ1) is 11.1. The summed E-state index contributed by atoms with van der Waals surface area (Å²) in [5, 5.41) is 12.3. The summed E-state index contributed by atoms with van der Waals surface area (Å²) in [4.78, 5) is 12.3. The SMILES string of the molecule is Cc1ccccc1CC1(NC(=O)Cc2ccc(CO)cc2)CC1. The van der Waals surface area contributed by atoms with E-state index < -0.39 is 0 Å². The molecule has 3 heteroatoms. The highest BCUT2D eigenvalue weighted by Crippen LogP contribution is 2.39. The van der Waals surface area contributed by atoms with Crippen LogP contribution in [-0.4, -0.2) is 16.6 Å². The van der Waals surface area contributed by atoms with Crippen LogP contribution in [0.25, 0.3) is 0 Å². The van der Waals surface area contributed by atoms with E-state index in [1.807, 2.05) is 30.3 Å². The van der Waals surface area contributed by atoms with Gasteiger partial charge >= 0.3 is 0 Å². The van der Waals surface area contributed by atoms with Crippen molar-refractivity contribution >= 4 is 5.91 Å². The molecule has 1 amide bonds. The average Bonchev–Trinajstić information content (AvgIpc) is 3.29. The van der Waals surface area contributed by atoms with Crippen molar-refractivity contribution in [2.24, 2.45) is 0 Å². The van der Waals surface area contributed by atoms with Crippen LogP contribution >= 0.6 is 0 Å². The summed E-state index contributed by atoms with van der Waals surface area (Å²) in [6, 6.07) is 15.9. The van der Waals surface area contributed by atoms with Crippen molar-refractivity contribution in [3.05, 3.63) is 70.8 Å². The summed E-state index contributed by atoms with van der Waals surface area (Å²) in [7, 11) is 0. The molecule has 0 radical (unpaired) electrons. The lowest BCUT2D eigenvalue weighted by atomic mass is 9.99. The van der Waals surface area contributed by atoms with Gasteiger partial charge in [-0.2, -0.15) is 0 Å². The molecule has 1 fully saturated rings. The highest BCUT2D eigenvalue weighted by Gasteiger charge is 2.43. The lowest BCUT2D eigenvalue weighted by molar-refractivity contribution is -0.121. The van der Waals surface area contributed by atoms with Gasteiger partial charge < -0.3 is 10.4 Å². The molecule has 0 spiro atoms. The van der Waals surface area contributed by atoms with E-state index in [1.165, 1.54) is 11.1 Å². The summed E-state index contributed by atoms with van der Waals surface area (Å²) in [6.07, 6.45) is 3.41. The van der Waals surface area contributed by atoms with Crippen LogP contribution in [0.5, 0.6) is 0 Å². The zero-order chi connectivity index (χ0) is 16.3. The monoisotopic (exact) mass is 309 g/mol. The largest absolute Gasteiger partial charge is 0.392 e. The molecule has 2 aromatic carbocycles. The Kier molecular flexibility index (Phi) is 4.49. The van der Waals surface area contributed by atoms with Gasteiger partial charge in [-0.05, 0) is 48.4 Å². The molecule has 0 bridgehead atoms. The van der Waals surface area contributed by atoms with Gasteiger partial charge in [0.25, 0.3) is 0 Å². The summed E-state index contributed by atoms with van der Waals surface area (Å²) < 4.78 is 0. The molecule has 1 aliphatic rings. The predicted octanol–water partition coefficient (Wildman–Crippen LogP) is 2.92. The third kappa shape index (κ3) is 3.99. The van der Waals surface area contributed by atoms with E-state index >= 15 is 0 Å². The Bertz CT molecular complexity index is 687. The highest BCUT2D eigenvalue weighted by molar-refractivity contribution is 5.79. The van der Waals surface area contributed by atoms with Gasteiger partial charge in [-0.1, -0.05) is 48.5 Å². The first-order valence-corrected chi connectivity index (χ1v) is 8.14. The fourth-order valence-corrected chi connectivity index (χ4v) is 2.96. The molecular formula is C20H23NO2. The van der Waals surface area contributed by atoms with E-state index in [1.54, 1.807) is 0 Å². The summed E-state index contributed by atoms with van der Waals surface area (Å²) in [5.74, 6) is 0.0767. The molecule has 120 valence electrons. The lowest BCUT2D eigenvalue weighted by Crippen LogP contribution is -2.39. The Balaban J connectivity index is 1.59. The van der Waals surface area contributed by atoms with Gasteiger partial charge in [-0.25, -0.2) is 0 Å². The highest BCUT2D eigenvalue weighted by atomic mass is 16.3. The van der Waals surface area contributed by atoms with Crippen molar-refractivity contribution in [1.82, 2.24) is 5.32 Å². The maximum Gasteiger partial charge on any atom is 0.224 e. The molecule has 0 aliphatic heterocycles. The fourth-order valence-electron chi connectivity index (χ4n) is 2.96. The number of aliphatic hydroxyl groups is 1. The number of carbonyl (C=O) groups excluding carboxylic acids is 1. The van der Waals surface area contributed by atoms with Gasteiger partial charge in [-0.3, -0.25) is 4.79 Å². The molecule has 0 unspecified atom stereocenters. The number of amides is 1. The molecule has 0 aromatic heterocycles. The van der Waals surface area contributed by atoms with Crippen LogP contribution in [0.15, 0.2) is 48.5 Å². The van der Waals surface area contributed by atoms with E-state index in [0.29, 0.717) is 6.42 Å². The number of aryl methyl sites for hydroxylation is 1. The van der Waals surface area contributed by atoms with Gasteiger partial charge in [0.2, 0.25) is 5.91 Å². The van der Waals surface area contributed by atoms with Crippen molar-refractivity contribution in [2.45, 2.75) is 44.8 Å². The van der Waals surface area contributed by atoms with Gasteiger partial charge in [-0.15, -0.1) is 0 Å². The minimum Gasteiger partial charge on any atom is -0.392 e. The lowest BCUT2D eigenvalue weighted by Gasteiger charge is -2.19. The van der Waals surface area contributed by atoms with Crippen LogP contribution in [0.1, 0.15) is 35.1 Å². The minimum absolute atomic E-state index is 0.0337. The number of aliphatic hydroxyl groups excluding tert-OH is 1. The molecule has 0 heterocycles. The molecule has 3 nitrogen and oxygen atoms in total. The Labute approximate surface area is 137 Å². The van der Waals surface area contributed by atoms with Crippen molar-refractivity contribution in [3.8, 4) is 0 Å². The summed E-state index contributed by atoms with van der Waals surface area (Å²) in [6.45, 7) is 2.15. The second-order valence-corrected chi connectivity index (χ2v) is 6.58. The number of hydrogen-bond acceptors (Lipinski definition) is 2. The zero-order valence-corrected chi connectivity index (χ0v) is 13.5. The number of carbonyl (C=O) groups is 1. The van der Waals surface area contributed by atoms with Crippen molar-refractivity contribution in [1.29, 1.82) is 0 Å². The maximum atomic E-state index is 12.3. The van der Waals surface area contributed by atoms with Crippen LogP contribution in [0.2, 0.25) is 0 Å². The first kappa shape index (κ1) is 15.8. The zero-order valence-electron chi connectivity index (χ0n) is 13.5. The van der Waals surface area contributed by atoms with E-state index in [0.717, 1.165) is 30.4 Å². The topological polar surface area (TPSA) is 49.3 Å². The molecular weight excluding hydrogens is 286 g/mol. The second kappa shape index (κ2) is 6.55. The Morgan fingerprint density at radius 3 is 2.35 bits per heavy atom. The molecule has 1 saturated carbocycles. The number of hydrogen-bond donors (Lipinski definition) is 2. The molecule has 1 aliphatic carbocycles. The van der Waals surface area contributed by atoms with Crippen LogP contribution in [0.4, 0.5) is 0 Å². The third-order valence-corrected chi connectivity index (χ3v) is 4.62. The summed E-state index contributed by atoms with van der Waals surface area (Å²) >= 11 is 0. The van der Waals surface area contributed by atoms with Gasteiger partial charge in [0.1, 0.15) is 0 Å². The normalized spacial score (nSPS) is 15.2. The van der Waals surface area contributed by atoms with Gasteiger partial charge in [0.05, 0.1) is 13.0 Å². The molecule has 0 atom stereocenters. The van der Waals surface area contributed by atoms with Gasteiger partial charge in [0, 0.05) is 5.54 Å². The number of rotatable bonds is 6. The van der Waals surface area contributed by atoms with Crippen molar-refractivity contribution < 1.29 is 9.90 Å². The minimum atomic E-state index is -0.0474. The predicted molar refractivity (Wildman–Crippen MR) is 91.1 cm³/mol. The number of benzene rings is 2. The van der Waals surface area contributed by atoms with Crippen molar-refractivity contribution in [3.63, 3.8) is 0 Å². The average molecular weight is 309 g/mol. The van der Waals surface area contributed by atoms with E-state index in [9.17, 15) is 4.79 Å². The fraction of sp³-hybridized carbons (Fsp3) is 0.350. The maximum absolute atomic E-state index is 12.3. The van der Waals surface area contributed by atoms with Gasteiger partial charge in [0.15, 0.2) is 0 Å². The third-order valence-electron chi connectivity index (χ3n) is 4.62. The van der Waals surface area contributed by atoms with Crippen LogP contribution in [0.3, 0.4) is 0 Å². The molecule has 3 rings (SSSR count). The van der Waals surface area contributed by atoms with Crippen LogP contribution in [0, 0.1) is 6.92 Å². The summed E-state index contributed by atoms with van der Waals surface area (Å²) in [5.41, 5.74) is 4.40. The van der Waals surface area contributed by atoms with Crippen molar-refractivity contribution in [2.75, 3.05) is 0 Å². The van der Waals surface area contributed by atoms with Crippen LogP contribution < -0.4 is 5.32 Å². The Morgan fingerprint density at radius 1 is 1.09 bits per heavy atom. The quantitative estimate of drug-likeness (QED) is 0.862. The molecule has 2 aromatic rings. The number of nitrogens with one attached hydrogen (secondary N) is 1. The van der Waals surface area contributed by atoms with Crippen LogP contribution in [-0.2, 0) is 24.2 Å². The molecule has 0 saturated heterocycles. The smallest absolute Gasteiger partial charge is 0.224 e. The Morgan fingerprint density at radius 2 is 1.74 bits per heavy atom. The van der Waals surface area contributed by atoms with E-state index in [4.69, 9.17) is 5.11 Å². The van der Waals surface area contributed by atoms with E-state index in [2.05, 4.69) is 30.4 Å². The molecule has 2 N–H and O–H groups in total. The van der Waals surface area contributed by atoms with E-state index in [-0.39, 0.29) is 18.1 Å². The standard InChI is InChI=1S/C20H23NO2/c1-15-4-2-3-5-18(15)13-20(10-11-20)21-19(23)12-16-6-8-17(14-22)9-7-16/h2-9,22H,10-14H2,1H3,(H,21,23). The second-order valence-electron chi connectivity index (χ2n) is 6.58. The molecule has 23 heavy (non-hydrogen) atoms. The Hall–Kier alpha value is -2.13.